The Kier molecular flexibility index (Phi) is 6.46. The number of aromatic nitrogens is 2. The second-order valence-electron chi connectivity index (χ2n) is 8.12. The lowest BCUT2D eigenvalue weighted by Gasteiger charge is -2.41. The summed E-state index contributed by atoms with van der Waals surface area (Å²) in [6.45, 7) is 7.88. The van der Waals surface area contributed by atoms with Crippen molar-refractivity contribution in [2.24, 2.45) is 5.92 Å². The molecule has 1 aromatic heterocycles. The van der Waals surface area contributed by atoms with Crippen LogP contribution in [0, 0.1) is 12.8 Å². The zero-order valence-electron chi connectivity index (χ0n) is 18.1. The molecule has 1 aromatic carbocycles. The summed E-state index contributed by atoms with van der Waals surface area (Å²) in [5, 5.41) is 0. The first-order chi connectivity index (χ1) is 15.1. The lowest BCUT2D eigenvalue weighted by atomic mass is 10.1. The third-order valence-corrected chi connectivity index (χ3v) is 6.05. The molecule has 2 aromatic rings. The normalized spacial score (nSPS) is 21.9. The zero-order chi connectivity index (χ0) is 21.8. The second-order valence-corrected chi connectivity index (χ2v) is 8.12. The number of hydrogen-bond donors (Lipinski definition) is 0. The van der Waals surface area contributed by atoms with Gasteiger partial charge in [0.25, 0.3) is 5.91 Å². The fourth-order valence-electron chi connectivity index (χ4n) is 4.44. The van der Waals surface area contributed by atoms with Crippen molar-refractivity contribution in [1.29, 1.82) is 0 Å². The van der Waals surface area contributed by atoms with Crippen LogP contribution in [0.5, 0.6) is 0 Å². The van der Waals surface area contributed by atoms with E-state index in [1.165, 1.54) is 0 Å². The molecule has 2 fully saturated rings. The highest BCUT2D eigenvalue weighted by Gasteiger charge is 2.38. The predicted octanol–water partition coefficient (Wildman–Crippen LogP) is 1.61. The van der Waals surface area contributed by atoms with E-state index < -0.39 is 0 Å². The number of esters is 1. The van der Waals surface area contributed by atoms with Crippen LogP contribution in [0.25, 0.3) is 0 Å². The van der Waals surface area contributed by atoms with Gasteiger partial charge < -0.3 is 14.5 Å². The minimum Gasteiger partial charge on any atom is -0.466 e. The van der Waals surface area contributed by atoms with Gasteiger partial charge in [0.05, 0.1) is 12.5 Å². The van der Waals surface area contributed by atoms with Crippen molar-refractivity contribution < 1.29 is 14.3 Å². The smallest absolute Gasteiger partial charge is 0.312 e. The number of nitrogens with zero attached hydrogens (tertiary/aromatic N) is 5. The first-order valence-electron chi connectivity index (χ1n) is 10.8. The molecule has 2 aliphatic heterocycles. The van der Waals surface area contributed by atoms with Crippen LogP contribution in [0.2, 0.25) is 0 Å². The number of rotatable bonds is 4. The Labute approximate surface area is 182 Å². The van der Waals surface area contributed by atoms with E-state index in [2.05, 4.69) is 14.9 Å². The van der Waals surface area contributed by atoms with Gasteiger partial charge >= 0.3 is 5.97 Å². The maximum absolute atomic E-state index is 13.2. The highest BCUT2D eigenvalue weighted by molar-refractivity contribution is 5.95. The Morgan fingerprint density at radius 3 is 2.55 bits per heavy atom. The second kappa shape index (κ2) is 9.43. The maximum Gasteiger partial charge on any atom is 0.312 e. The molecule has 2 atom stereocenters. The van der Waals surface area contributed by atoms with Crippen LogP contribution in [0.4, 0.5) is 5.95 Å². The summed E-state index contributed by atoms with van der Waals surface area (Å²) in [4.78, 5) is 40.9. The molecule has 2 aliphatic rings. The van der Waals surface area contributed by atoms with E-state index in [4.69, 9.17) is 4.74 Å². The Morgan fingerprint density at radius 1 is 1.03 bits per heavy atom. The van der Waals surface area contributed by atoms with Crippen molar-refractivity contribution >= 4 is 17.8 Å². The number of carbonyl (C=O) groups is 2. The van der Waals surface area contributed by atoms with E-state index >= 15 is 0 Å². The van der Waals surface area contributed by atoms with Crippen LogP contribution < -0.4 is 4.90 Å². The highest BCUT2D eigenvalue weighted by Crippen LogP contribution is 2.23. The molecule has 164 valence electrons. The number of aryl methyl sites for hydroxylation is 1. The van der Waals surface area contributed by atoms with E-state index in [0.29, 0.717) is 45.3 Å². The lowest BCUT2D eigenvalue weighted by molar-refractivity contribution is -0.148. The van der Waals surface area contributed by atoms with Crippen LogP contribution >= 0.6 is 0 Å². The van der Waals surface area contributed by atoms with Crippen molar-refractivity contribution in [2.75, 3.05) is 50.8 Å². The van der Waals surface area contributed by atoms with Crippen LogP contribution in [0.15, 0.2) is 42.7 Å². The summed E-state index contributed by atoms with van der Waals surface area (Å²) in [6, 6.07) is 9.57. The van der Waals surface area contributed by atoms with Gasteiger partial charge in [-0.3, -0.25) is 14.5 Å². The van der Waals surface area contributed by atoms with Crippen LogP contribution in [0.3, 0.4) is 0 Å². The van der Waals surface area contributed by atoms with E-state index in [1.54, 1.807) is 18.5 Å². The number of piperazine rings is 1. The number of carbonyl (C=O) groups excluding carboxylic acids is 2. The predicted molar refractivity (Wildman–Crippen MR) is 117 cm³/mol. The SMILES string of the molecule is CCOC(=O)[C@@H]1CN(c2ncccn2)C[C@H]2CN(C(=O)c3ccccc3C)CCN2C1. The molecule has 4 rings (SSSR count). The van der Waals surface area contributed by atoms with E-state index in [9.17, 15) is 9.59 Å². The summed E-state index contributed by atoms with van der Waals surface area (Å²) in [5.41, 5.74) is 1.73. The van der Waals surface area contributed by atoms with Gasteiger partial charge in [0.2, 0.25) is 5.95 Å². The molecule has 0 N–H and O–H groups in total. The maximum atomic E-state index is 13.2. The molecule has 0 spiro atoms. The summed E-state index contributed by atoms with van der Waals surface area (Å²) in [6.07, 6.45) is 3.42. The molecule has 8 heteroatoms. The number of ether oxygens (including phenoxy) is 1. The fraction of sp³-hybridized carbons (Fsp3) is 0.478. The Balaban J connectivity index is 1.56. The molecule has 1 amide bonds. The zero-order valence-corrected chi connectivity index (χ0v) is 18.1. The van der Waals surface area contributed by atoms with Crippen LogP contribution in [-0.2, 0) is 9.53 Å². The van der Waals surface area contributed by atoms with Crippen LogP contribution in [0.1, 0.15) is 22.8 Å². The molecule has 0 bridgehead atoms. The molecule has 0 saturated carbocycles. The van der Waals surface area contributed by atoms with E-state index in [-0.39, 0.29) is 23.8 Å². The molecule has 0 unspecified atom stereocenters. The number of hydrogen-bond acceptors (Lipinski definition) is 7. The molecular weight excluding hydrogens is 394 g/mol. The molecule has 3 heterocycles. The Bertz CT molecular complexity index is 922. The number of fused-ring (bicyclic) bond motifs is 1. The summed E-state index contributed by atoms with van der Waals surface area (Å²) < 4.78 is 5.33. The van der Waals surface area contributed by atoms with Crippen molar-refractivity contribution in [1.82, 2.24) is 19.8 Å². The monoisotopic (exact) mass is 423 g/mol. The number of benzene rings is 1. The molecule has 2 saturated heterocycles. The highest BCUT2D eigenvalue weighted by atomic mass is 16.5. The van der Waals surface area contributed by atoms with Crippen molar-refractivity contribution in [3.05, 3.63) is 53.9 Å². The lowest BCUT2D eigenvalue weighted by Crippen LogP contribution is -2.57. The van der Waals surface area contributed by atoms with Gasteiger partial charge in [0.1, 0.15) is 0 Å². The summed E-state index contributed by atoms with van der Waals surface area (Å²) in [5.74, 6) is 0.183. The van der Waals surface area contributed by atoms with Gasteiger partial charge in [-0.15, -0.1) is 0 Å². The standard InChI is InChI=1S/C23H29N5O3/c1-3-31-22(30)18-13-26-11-12-27(21(29)20-8-5-4-7-17(20)2)15-19(26)16-28(14-18)23-24-9-6-10-25-23/h4-10,18-19H,3,11-16H2,1-2H3/t18-,19+/m0/s1. The van der Waals surface area contributed by atoms with Gasteiger partial charge in [-0.05, 0) is 31.5 Å². The minimum atomic E-state index is -0.285. The quantitative estimate of drug-likeness (QED) is 0.692. The Hall–Kier alpha value is -3.00. The Morgan fingerprint density at radius 2 is 1.81 bits per heavy atom. The molecule has 0 aliphatic carbocycles. The third-order valence-electron chi connectivity index (χ3n) is 6.05. The van der Waals surface area contributed by atoms with Gasteiger partial charge in [-0.2, -0.15) is 0 Å². The van der Waals surface area contributed by atoms with Crippen molar-refractivity contribution in [3.63, 3.8) is 0 Å². The fourth-order valence-corrected chi connectivity index (χ4v) is 4.44. The number of anilines is 1. The van der Waals surface area contributed by atoms with Gasteiger partial charge in [-0.1, -0.05) is 18.2 Å². The third kappa shape index (κ3) is 4.69. The number of amides is 1. The molecule has 8 nitrogen and oxygen atoms in total. The van der Waals surface area contributed by atoms with E-state index in [1.807, 2.05) is 47.9 Å². The average molecular weight is 424 g/mol. The first-order valence-corrected chi connectivity index (χ1v) is 10.8. The van der Waals surface area contributed by atoms with Gasteiger partial charge in [-0.25, -0.2) is 9.97 Å². The van der Waals surface area contributed by atoms with Gasteiger partial charge in [0.15, 0.2) is 0 Å². The topological polar surface area (TPSA) is 78.9 Å². The van der Waals surface area contributed by atoms with Crippen molar-refractivity contribution in [2.45, 2.75) is 19.9 Å². The van der Waals surface area contributed by atoms with Crippen LogP contribution in [-0.4, -0.2) is 83.6 Å². The molecule has 0 radical (unpaired) electrons. The molecule has 31 heavy (non-hydrogen) atoms. The molecular formula is C23H29N5O3. The average Bonchev–Trinajstić information content (AvgIpc) is 2.99. The van der Waals surface area contributed by atoms with Crippen molar-refractivity contribution in [3.8, 4) is 0 Å². The first kappa shape index (κ1) is 21.2. The minimum absolute atomic E-state index is 0.0615. The largest absolute Gasteiger partial charge is 0.466 e. The van der Waals surface area contributed by atoms with Gasteiger partial charge in [0, 0.05) is 63.3 Å². The van der Waals surface area contributed by atoms with E-state index in [0.717, 1.165) is 17.7 Å². The summed E-state index contributed by atoms with van der Waals surface area (Å²) in [7, 11) is 0. The summed E-state index contributed by atoms with van der Waals surface area (Å²) >= 11 is 0.